The van der Waals surface area contributed by atoms with Crippen molar-refractivity contribution in [2.75, 3.05) is 16.8 Å². The van der Waals surface area contributed by atoms with Gasteiger partial charge in [-0.2, -0.15) is 0 Å². The van der Waals surface area contributed by atoms with Crippen LogP contribution in [0.4, 0.5) is 5.69 Å². The van der Waals surface area contributed by atoms with Gasteiger partial charge in [0.2, 0.25) is 5.91 Å². The number of carbonyl (C=O) groups is 2. The van der Waals surface area contributed by atoms with Gasteiger partial charge >= 0.3 is 5.97 Å². The van der Waals surface area contributed by atoms with Gasteiger partial charge in [-0.15, -0.1) is 0 Å². The molecule has 1 rings (SSSR count). The quantitative estimate of drug-likeness (QED) is 0.821. The summed E-state index contributed by atoms with van der Waals surface area (Å²) in [4.78, 5) is 21.8. The van der Waals surface area contributed by atoms with E-state index < -0.39 is 39.6 Å². The molecule has 0 bridgehead atoms. The van der Waals surface area contributed by atoms with Crippen molar-refractivity contribution in [2.24, 2.45) is 0 Å². The third-order valence-corrected chi connectivity index (χ3v) is 3.89. The Hall–Kier alpha value is -1.60. The van der Waals surface area contributed by atoms with Crippen LogP contribution in [0.15, 0.2) is 24.3 Å². The van der Waals surface area contributed by atoms with Crippen molar-refractivity contribution < 1.29 is 23.1 Å². The van der Waals surface area contributed by atoms with Crippen LogP contribution in [-0.4, -0.2) is 36.9 Å². The van der Waals surface area contributed by atoms with Gasteiger partial charge in [-0.3, -0.25) is 9.59 Å². The number of carboxylic acids is 1. The maximum Gasteiger partial charge on any atom is 0.304 e. The minimum Gasteiger partial charge on any atom is -0.481 e. The highest BCUT2D eigenvalue weighted by Crippen LogP contribution is 2.13. The molecule has 0 aliphatic rings. The number of carboxylic acid groups (broad SMARTS) is 1. The molecule has 0 atom stereocenters. The molecule has 1 aromatic rings. The first-order chi connectivity index (χ1) is 8.78. The van der Waals surface area contributed by atoms with Gasteiger partial charge in [0.05, 0.1) is 12.2 Å². The molecule has 1 aromatic carbocycles. The number of carbonyl (C=O) groups excluding carboxylic acids is 1. The highest BCUT2D eigenvalue weighted by atomic mass is 35.5. The summed E-state index contributed by atoms with van der Waals surface area (Å²) < 4.78 is 22.9. The van der Waals surface area contributed by atoms with Crippen LogP contribution in [0.5, 0.6) is 0 Å². The predicted octanol–water partition coefficient (Wildman–Crippen LogP) is 1.17. The molecular weight excluding hydrogens is 294 g/mol. The topological polar surface area (TPSA) is 101 Å². The molecular formula is C11H12ClNO5S. The number of benzene rings is 1. The van der Waals surface area contributed by atoms with E-state index >= 15 is 0 Å². The Labute approximate surface area is 115 Å². The van der Waals surface area contributed by atoms with Crippen molar-refractivity contribution in [3.8, 4) is 0 Å². The molecule has 0 radical (unpaired) electrons. The number of hydrogen-bond acceptors (Lipinski definition) is 4. The van der Waals surface area contributed by atoms with Gasteiger partial charge in [-0.25, -0.2) is 8.42 Å². The molecule has 0 unspecified atom stereocenters. The Morgan fingerprint density at radius 1 is 1.21 bits per heavy atom. The van der Waals surface area contributed by atoms with Crippen LogP contribution in [0, 0.1) is 0 Å². The summed E-state index contributed by atoms with van der Waals surface area (Å²) in [7, 11) is -3.72. The molecule has 19 heavy (non-hydrogen) atoms. The highest BCUT2D eigenvalue weighted by Gasteiger charge is 2.18. The Kier molecular flexibility index (Phi) is 5.31. The summed E-state index contributed by atoms with van der Waals surface area (Å²) in [5.74, 6) is -3.24. The number of rotatable bonds is 6. The first-order valence-corrected chi connectivity index (χ1v) is 7.46. The first-order valence-electron chi connectivity index (χ1n) is 5.26. The van der Waals surface area contributed by atoms with Crippen LogP contribution in [0.1, 0.15) is 6.42 Å². The maximum atomic E-state index is 11.5. The van der Waals surface area contributed by atoms with E-state index in [1.54, 1.807) is 12.1 Å². The monoisotopic (exact) mass is 305 g/mol. The Morgan fingerprint density at radius 2 is 1.79 bits per heavy atom. The Morgan fingerprint density at radius 3 is 2.32 bits per heavy atom. The number of amides is 1. The minimum atomic E-state index is -3.72. The fraction of sp³-hybridized carbons (Fsp3) is 0.273. The highest BCUT2D eigenvalue weighted by molar-refractivity contribution is 7.92. The van der Waals surface area contributed by atoms with Gasteiger partial charge in [0.25, 0.3) is 0 Å². The zero-order valence-electron chi connectivity index (χ0n) is 9.80. The maximum absolute atomic E-state index is 11.5. The van der Waals surface area contributed by atoms with E-state index in [0.29, 0.717) is 10.7 Å². The van der Waals surface area contributed by atoms with Crippen molar-refractivity contribution in [1.29, 1.82) is 0 Å². The van der Waals surface area contributed by atoms with E-state index in [9.17, 15) is 18.0 Å². The molecule has 0 aliphatic heterocycles. The lowest BCUT2D eigenvalue weighted by molar-refractivity contribution is -0.136. The second kappa shape index (κ2) is 6.53. The van der Waals surface area contributed by atoms with Gasteiger partial charge in [-0.05, 0) is 24.3 Å². The van der Waals surface area contributed by atoms with Gasteiger partial charge in [-0.1, -0.05) is 11.6 Å². The largest absolute Gasteiger partial charge is 0.481 e. The summed E-state index contributed by atoms with van der Waals surface area (Å²) in [6.07, 6.45) is -0.517. The fourth-order valence-corrected chi connectivity index (χ4v) is 2.47. The molecule has 0 spiro atoms. The van der Waals surface area contributed by atoms with Crippen molar-refractivity contribution in [1.82, 2.24) is 0 Å². The lowest BCUT2D eigenvalue weighted by Crippen LogP contribution is -2.25. The van der Waals surface area contributed by atoms with Gasteiger partial charge in [0.15, 0.2) is 9.84 Å². The zero-order chi connectivity index (χ0) is 14.5. The predicted molar refractivity (Wildman–Crippen MR) is 71.0 cm³/mol. The molecule has 104 valence electrons. The van der Waals surface area contributed by atoms with Crippen molar-refractivity contribution in [2.45, 2.75) is 6.42 Å². The van der Waals surface area contributed by atoms with Crippen LogP contribution in [0.2, 0.25) is 5.02 Å². The molecule has 6 nitrogen and oxygen atoms in total. The number of halogens is 1. The lowest BCUT2D eigenvalue weighted by Gasteiger charge is -2.05. The van der Waals surface area contributed by atoms with Crippen LogP contribution in [0.25, 0.3) is 0 Å². The van der Waals surface area contributed by atoms with Crippen LogP contribution < -0.4 is 5.32 Å². The van der Waals surface area contributed by atoms with E-state index in [1.807, 2.05) is 0 Å². The molecule has 0 saturated heterocycles. The smallest absolute Gasteiger partial charge is 0.304 e. The summed E-state index contributed by atoms with van der Waals surface area (Å²) in [5.41, 5.74) is 0.419. The normalized spacial score (nSPS) is 11.0. The van der Waals surface area contributed by atoms with Crippen LogP contribution >= 0.6 is 11.6 Å². The zero-order valence-corrected chi connectivity index (χ0v) is 11.4. The molecule has 0 aromatic heterocycles. The number of sulfone groups is 1. The van der Waals surface area contributed by atoms with Gasteiger partial charge < -0.3 is 10.4 Å². The molecule has 8 heteroatoms. The summed E-state index contributed by atoms with van der Waals surface area (Å²) in [5, 5.41) is 11.3. The average molecular weight is 306 g/mol. The van der Waals surface area contributed by atoms with Crippen molar-refractivity contribution >= 4 is 39.0 Å². The van der Waals surface area contributed by atoms with Gasteiger partial charge in [0, 0.05) is 10.7 Å². The minimum absolute atomic E-state index is 0.419. The Bertz CT molecular complexity index is 567. The van der Waals surface area contributed by atoms with Crippen molar-refractivity contribution in [3.63, 3.8) is 0 Å². The SMILES string of the molecule is O=C(O)CCS(=O)(=O)CC(=O)Nc1ccc(Cl)cc1. The average Bonchev–Trinajstić information content (AvgIpc) is 2.29. The molecule has 2 N–H and O–H groups in total. The van der Waals surface area contributed by atoms with E-state index in [0.717, 1.165) is 0 Å². The number of anilines is 1. The third kappa shape index (κ3) is 6.21. The Balaban J connectivity index is 2.55. The molecule has 0 heterocycles. The summed E-state index contributed by atoms with van der Waals surface area (Å²) in [6.45, 7) is 0. The van der Waals surface area contributed by atoms with Crippen LogP contribution in [-0.2, 0) is 19.4 Å². The van der Waals surface area contributed by atoms with Gasteiger partial charge in [0.1, 0.15) is 5.75 Å². The van der Waals surface area contributed by atoms with E-state index in [-0.39, 0.29) is 0 Å². The van der Waals surface area contributed by atoms with E-state index in [2.05, 4.69) is 5.32 Å². The van der Waals surface area contributed by atoms with E-state index in [4.69, 9.17) is 16.7 Å². The lowest BCUT2D eigenvalue weighted by atomic mass is 10.3. The first kappa shape index (κ1) is 15.5. The number of aliphatic carboxylic acids is 1. The third-order valence-electron chi connectivity index (χ3n) is 2.11. The second-order valence-electron chi connectivity index (χ2n) is 3.79. The fourth-order valence-electron chi connectivity index (χ4n) is 1.25. The summed E-state index contributed by atoms with van der Waals surface area (Å²) in [6, 6.07) is 6.17. The molecule has 0 fully saturated rings. The number of nitrogens with one attached hydrogen (secondary N) is 1. The van der Waals surface area contributed by atoms with Crippen molar-refractivity contribution in [3.05, 3.63) is 29.3 Å². The number of hydrogen-bond donors (Lipinski definition) is 2. The molecule has 1 amide bonds. The van der Waals surface area contributed by atoms with Crippen LogP contribution in [0.3, 0.4) is 0 Å². The molecule has 0 saturated carbocycles. The second-order valence-corrected chi connectivity index (χ2v) is 6.41. The standard InChI is InChI=1S/C11H12ClNO5S/c12-8-1-3-9(4-2-8)13-10(14)7-19(17,18)6-5-11(15)16/h1-4H,5-7H2,(H,13,14)(H,15,16). The van der Waals surface area contributed by atoms with E-state index in [1.165, 1.54) is 12.1 Å². The molecule has 0 aliphatic carbocycles. The summed E-state index contributed by atoms with van der Waals surface area (Å²) >= 11 is 5.66.